The summed E-state index contributed by atoms with van der Waals surface area (Å²) >= 11 is 0. The zero-order valence-electron chi connectivity index (χ0n) is 11.7. The quantitative estimate of drug-likeness (QED) is 0.752. The lowest BCUT2D eigenvalue weighted by molar-refractivity contribution is -0.143. The van der Waals surface area contributed by atoms with E-state index in [2.05, 4.69) is 26.1 Å². The van der Waals surface area contributed by atoms with E-state index in [0.717, 1.165) is 13.0 Å². The Bertz CT molecular complexity index is 249. The van der Waals surface area contributed by atoms with Crippen molar-refractivity contribution in [2.75, 3.05) is 13.7 Å². The SMILES string of the molecule is CCNC1(CC(=O)OC)CCCCC1C(C)C. The summed E-state index contributed by atoms with van der Waals surface area (Å²) in [7, 11) is 1.48. The van der Waals surface area contributed by atoms with Crippen molar-refractivity contribution in [3.8, 4) is 0 Å². The van der Waals surface area contributed by atoms with Crippen LogP contribution in [0.1, 0.15) is 52.9 Å². The molecular formula is C14H27NO2. The van der Waals surface area contributed by atoms with E-state index in [-0.39, 0.29) is 11.5 Å². The summed E-state index contributed by atoms with van der Waals surface area (Å²) < 4.78 is 4.87. The second-order valence-electron chi connectivity index (χ2n) is 5.54. The smallest absolute Gasteiger partial charge is 0.307 e. The molecule has 1 N–H and O–H groups in total. The van der Waals surface area contributed by atoms with Crippen LogP contribution in [0.5, 0.6) is 0 Å². The molecule has 0 bridgehead atoms. The van der Waals surface area contributed by atoms with Gasteiger partial charge in [-0.05, 0) is 31.2 Å². The van der Waals surface area contributed by atoms with E-state index in [1.54, 1.807) is 0 Å². The first-order valence-corrected chi connectivity index (χ1v) is 6.87. The number of nitrogens with one attached hydrogen (secondary N) is 1. The van der Waals surface area contributed by atoms with Gasteiger partial charge >= 0.3 is 5.97 Å². The summed E-state index contributed by atoms with van der Waals surface area (Å²) in [6.07, 6.45) is 5.34. The van der Waals surface area contributed by atoms with Crippen molar-refractivity contribution in [3.63, 3.8) is 0 Å². The normalized spacial score (nSPS) is 29.4. The van der Waals surface area contributed by atoms with Gasteiger partial charge < -0.3 is 10.1 Å². The summed E-state index contributed by atoms with van der Waals surface area (Å²) in [5, 5.41) is 3.59. The molecule has 0 saturated heterocycles. The van der Waals surface area contributed by atoms with Gasteiger partial charge in [0.1, 0.15) is 0 Å². The zero-order chi connectivity index (χ0) is 12.9. The number of esters is 1. The molecule has 1 rings (SSSR count). The van der Waals surface area contributed by atoms with Crippen LogP contribution in [-0.2, 0) is 9.53 Å². The molecule has 3 heteroatoms. The number of carbonyl (C=O) groups excluding carboxylic acids is 1. The van der Waals surface area contributed by atoms with Gasteiger partial charge in [0.05, 0.1) is 13.5 Å². The lowest BCUT2D eigenvalue weighted by Crippen LogP contribution is -2.55. The third kappa shape index (κ3) is 3.44. The molecule has 3 nitrogen and oxygen atoms in total. The monoisotopic (exact) mass is 241 g/mol. The molecule has 0 spiro atoms. The van der Waals surface area contributed by atoms with Gasteiger partial charge in [-0.1, -0.05) is 33.6 Å². The third-order valence-electron chi connectivity index (χ3n) is 4.12. The van der Waals surface area contributed by atoms with Crippen molar-refractivity contribution in [1.29, 1.82) is 0 Å². The number of carbonyl (C=O) groups is 1. The summed E-state index contributed by atoms with van der Waals surface area (Å²) in [6, 6.07) is 0. The Hall–Kier alpha value is -0.570. The highest BCUT2D eigenvalue weighted by molar-refractivity contribution is 5.70. The maximum absolute atomic E-state index is 11.7. The summed E-state index contributed by atoms with van der Waals surface area (Å²) in [5.41, 5.74) is -0.0335. The molecule has 1 aliphatic rings. The van der Waals surface area contributed by atoms with Crippen LogP contribution in [0.4, 0.5) is 0 Å². The number of rotatable bonds is 5. The second kappa shape index (κ2) is 6.39. The van der Waals surface area contributed by atoms with Gasteiger partial charge in [0.15, 0.2) is 0 Å². The van der Waals surface area contributed by atoms with E-state index in [1.165, 1.54) is 26.4 Å². The summed E-state index contributed by atoms with van der Waals surface area (Å²) in [4.78, 5) is 11.7. The van der Waals surface area contributed by atoms with Gasteiger partial charge in [0.2, 0.25) is 0 Å². The fourth-order valence-corrected chi connectivity index (χ4v) is 3.42. The van der Waals surface area contributed by atoms with E-state index >= 15 is 0 Å². The maximum Gasteiger partial charge on any atom is 0.307 e. The molecule has 1 saturated carbocycles. The van der Waals surface area contributed by atoms with E-state index in [0.29, 0.717) is 18.3 Å². The molecule has 0 radical (unpaired) electrons. The Balaban J connectivity index is 2.87. The Morgan fingerprint density at radius 3 is 2.71 bits per heavy atom. The predicted octanol–water partition coefficient (Wildman–Crippen LogP) is 2.74. The van der Waals surface area contributed by atoms with Gasteiger partial charge in [0, 0.05) is 5.54 Å². The fraction of sp³-hybridized carbons (Fsp3) is 0.929. The minimum Gasteiger partial charge on any atom is -0.469 e. The van der Waals surface area contributed by atoms with Crippen LogP contribution >= 0.6 is 0 Å². The molecule has 1 fully saturated rings. The Morgan fingerprint density at radius 2 is 2.18 bits per heavy atom. The Kier molecular flexibility index (Phi) is 5.44. The van der Waals surface area contributed by atoms with Crippen molar-refractivity contribution in [2.45, 2.75) is 58.4 Å². The molecule has 0 heterocycles. The van der Waals surface area contributed by atoms with Gasteiger partial charge in [0.25, 0.3) is 0 Å². The number of methoxy groups -OCH3 is 1. The minimum absolute atomic E-state index is 0.0335. The van der Waals surface area contributed by atoms with Crippen LogP contribution < -0.4 is 5.32 Å². The van der Waals surface area contributed by atoms with Crippen LogP contribution in [0, 0.1) is 11.8 Å². The Labute approximate surface area is 105 Å². The third-order valence-corrected chi connectivity index (χ3v) is 4.12. The average Bonchev–Trinajstić information content (AvgIpc) is 2.29. The van der Waals surface area contributed by atoms with Crippen LogP contribution in [0.2, 0.25) is 0 Å². The zero-order valence-corrected chi connectivity index (χ0v) is 11.7. The van der Waals surface area contributed by atoms with Crippen molar-refractivity contribution in [3.05, 3.63) is 0 Å². The topological polar surface area (TPSA) is 38.3 Å². The van der Waals surface area contributed by atoms with Crippen LogP contribution in [0.3, 0.4) is 0 Å². The maximum atomic E-state index is 11.7. The van der Waals surface area contributed by atoms with Crippen molar-refractivity contribution in [1.82, 2.24) is 5.32 Å². The van der Waals surface area contributed by atoms with Gasteiger partial charge in [-0.2, -0.15) is 0 Å². The molecule has 17 heavy (non-hydrogen) atoms. The lowest BCUT2D eigenvalue weighted by Gasteiger charge is -2.46. The Morgan fingerprint density at radius 1 is 1.47 bits per heavy atom. The minimum atomic E-state index is -0.0847. The highest BCUT2D eigenvalue weighted by atomic mass is 16.5. The van der Waals surface area contributed by atoms with Gasteiger partial charge in [-0.15, -0.1) is 0 Å². The van der Waals surface area contributed by atoms with E-state index in [1.807, 2.05) is 0 Å². The van der Waals surface area contributed by atoms with Crippen LogP contribution in [0.15, 0.2) is 0 Å². The number of hydrogen-bond acceptors (Lipinski definition) is 3. The molecule has 0 aromatic carbocycles. The first-order valence-electron chi connectivity index (χ1n) is 6.87. The van der Waals surface area contributed by atoms with Crippen LogP contribution in [0.25, 0.3) is 0 Å². The largest absolute Gasteiger partial charge is 0.469 e. The molecular weight excluding hydrogens is 214 g/mol. The van der Waals surface area contributed by atoms with E-state index in [9.17, 15) is 4.79 Å². The molecule has 1 aliphatic carbocycles. The summed E-state index contributed by atoms with van der Waals surface area (Å²) in [5.74, 6) is 1.10. The molecule has 2 unspecified atom stereocenters. The highest BCUT2D eigenvalue weighted by Gasteiger charge is 2.43. The molecule has 2 atom stereocenters. The molecule has 0 amide bonds. The lowest BCUT2D eigenvalue weighted by atomic mass is 9.66. The van der Waals surface area contributed by atoms with Crippen LogP contribution in [-0.4, -0.2) is 25.2 Å². The molecule has 100 valence electrons. The first kappa shape index (κ1) is 14.5. The van der Waals surface area contributed by atoms with Gasteiger partial charge in [-0.25, -0.2) is 0 Å². The molecule has 0 aliphatic heterocycles. The highest BCUT2D eigenvalue weighted by Crippen LogP contribution is 2.40. The standard InChI is InChI=1S/C14H27NO2/c1-5-15-14(10-13(16)17-4)9-7-6-8-12(14)11(2)3/h11-12,15H,5-10H2,1-4H3. The number of ether oxygens (including phenoxy) is 1. The molecule has 0 aromatic rings. The molecule has 0 aromatic heterocycles. The van der Waals surface area contributed by atoms with Crippen molar-refractivity contribution < 1.29 is 9.53 Å². The first-order chi connectivity index (χ1) is 8.05. The van der Waals surface area contributed by atoms with Crippen molar-refractivity contribution >= 4 is 5.97 Å². The second-order valence-corrected chi connectivity index (χ2v) is 5.54. The number of hydrogen-bond donors (Lipinski definition) is 1. The average molecular weight is 241 g/mol. The van der Waals surface area contributed by atoms with E-state index in [4.69, 9.17) is 4.74 Å². The predicted molar refractivity (Wildman–Crippen MR) is 69.8 cm³/mol. The van der Waals surface area contributed by atoms with Crippen molar-refractivity contribution in [2.24, 2.45) is 11.8 Å². The van der Waals surface area contributed by atoms with E-state index < -0.39 is 0 Å². The fourth-order valence-electron chi connectivity index (χ4n) is 3.42. The summed E-state index contributed by atoms with van der Waals surface area (Å²) in [6.45, 7) is 7.56. The van der Waals surface area contributed by atoms with Gasteiger partial charge in [-0.3, -0.25) is 4.79 Å².